The van der Waals surface area contributed by atoms with E-state index in [2.05, 4.69) is 10.3 Å². The van der Waals surface area contributed by atoms with Crippen LogP contribution >= 0.6 is 0 Å². The Morgan fingerprint density at radius 2 is 1.82 bits per heavy atom. The fourth-order valence-electron chi connectivity index (χ4n) is 2.25. The average molecular weight is 381 g/mol. The van der Waals surface area contributed by atoms with Crippen LogP contribution in [0.4, 0.5) is 10.1 Å². The lowest BCUT2D eigenvalue weighted by Gasteiger charge is -2.09. The summed E-state index contributed by atoms with van der Waals surface area (Å²) in [6.45, 7) is -0.276. The first kappa shape index (κ1) is 18.8. The molecule has 0 aliphatic rings. The van der Waals surface area contributed by atoms with Crippen LogP contribution in [0, 0.1) is 5.82 Å². The molecule has 0 bridgehead atoms. The van der Waals surface area contributed by atoms with E-state index in [-0.39, 0.29) is 18.2 Å². The van der Waals surface area contributed by atoms with Crippen molar-refractivity contribution in [3.8, 4) is 17.4 Å². The van der Waals surface area contributed by atoms with Crippen molar-refractivity contribution in [2.75, 3.05) is 11.9 Å². The molecule has 2 aromatic carbocycles. The number of ether oxygens (including phenoxy) is 2. The maximum Gasteiger partial charge on any atom is 0.262 e. The number of nitrogens with one attached hydrogen (secondary N) is 1. The predicted octanol–water partition coefficient (Wildman–Crippen LogP) is 3.13. The number of halogens is 1. The Morgan fingerprint density at radius 1 is 1.04 bits per heavy atom. The molecule has 2 amide bonds. The number of hydrogen-bond acceptors (Lipinski definition) is 5. The van der Waals surface area contributed by atoms with E-state index in [9.17, 15) is 14.0 Å². The summed E-state index contributed by atoms with van der Waals surface area (Å²) < 4.78 is 23.8. The van der Waals surface area contributed by atoms with E-state index in [0.717, 1.165) is 0 Å². The first-order valence-corrected chi connectivity index (χ1v) is 8.21. The summed E-state index contributed by atoms with van der Waals surface area (Å²) in [7, 11) is 0. The molecule has 0 aliphatic carbocycles. The van der Waals surface area contributed by atoms with Gasteiger partial charge in [-0.3, -0.25) is 9.59 Å². The van der Waals surface area contributed by atoms with Gasteiger partial charge in [0.15, 0.2) is 6.61 Å². The van der Waals surface area contributed by atoms with Gasteiger partial charge >= 0.3 is 0 Å². The van der Waals surface area contributed by atoms with Gasteiger partial charge in [-0.1, -0.05) is 12.1 Å². The predicted molar refractivity (Wildman–Crippen MR) is 99.8 cm³/mol. The number of nitrogens with zero attached hydrogens (tertiary/aromatic N) is 1. The van der Waals surface area contributed by atoms with Crippen LogP contribution in [0.3, 0.4) is 0 Å². The van der Waals surface area contributed by atoms with Crippen LogP contribution in [0.15, 0.2) is 66.9 Å². The third-order valence-electron chi connectivity index (χ3n) is 3.53. The van der Waals surface area contributed by atoms with Crippen LogP contribution in [-0.2, 0) is 4.79 Å². The molecule has 1 aromatic heterocycles. The molecule has 8 heteroatoms. The second-order valence-electron chi connectivity index (χ2n) is 5.67. The average Bonchev–Trinajstić information content (AvgIpc) is 2.68. The summed E-state index contributed by atoms with van der Waals surface area (Å²) in [5.74, 6) is -0.486. The van der Waals surface area contributed by atoms with Gasteiger partial charge in [-0.15, -0.1) is 0 Å². The number of carbonyl (C=O) groups is 2. The highest BCUT2D eigenvalue weighted by atomic mass is 19.1. The summed E-state index contributed by atoms with van der Waals surface area (Å²) in [6, 6.07) is 15.1. The highest BCUT2D eigenvalue weighted by Gasteiger charge is 2.07. The van der Waals surface area contributed by atoms with Gasteiger partial charge in [-0.2, -0.15) is 0 Å². The van der Waals surface area contributed by atoms with Crippen LogP contribution in [-0.4, -0.2) is 23.4 Å². The standard InChI is InChI=1S/C20H16FN3O4/c21-14-4-2-5-16(10-14)27-12-18(25)24-15-7-8-19(23-11-15)28-17-6-1-3-13(9-17)20(22)26/h1-11H,12H2,(H2,22,26)(H,24,25). The molecule has 142 valence electrons. The molecule has 0 spiro atoms. The first-order chi connectivity index (χ1) is 13.5. The molecule has 1 heterocycles. The number of aromatic nitrogens is 1. The Morgan fingerprint density at radius 3 is 2.54 bits per heavy atom. The minimum Gasteiger partial charge on any atom is -0.484 e. The van der Waals surface area contributed by atoms with Crippen molar-refractivity contribution >= 4 is 17.5 Å². The quantitative estimate of drug-likeness (QED) is 0.654. The maximum absolute atomic E-state index is 13.1. The molecule has 0 unspecified atom stereocenters. The molecule has 3 N–H and O–H groups in total. The SMILES string of the molecule is NC(=O)c1cccc(Oc2ccc(NC(=O)COc3cccc(F)c3)cn2)c1. The van der Waals surface area contributed by atoms with Crippen LogP contribution in [0.2, 0.25) is 0 Å². The van der Waals surface area contributed by atoms with Gasteiger partial charge < -0.3 is 20.5 Å². The van der Waals surface area contributed by atoms with Gasteiger partial charge in [-0.05, 0) is 36.4 Å². The number of benzene rings is 2. The maximum atomic E-state index is 13.1. The summed E-state index contributed by atoms with van der Waals surface area (Å²) in [6.07, 6.45) is 1.41. The van der Waals surface area contributed by atoms with E-state index < -0.39 is 17.6 Å². The second kappa shape index (κ2) is 8.63. The van der Waals surface area contributed by atoms with Crippen molar-refractivity contribution in [2.24, 2.45) is 5.73 Å². The van der Waals surface area contributed by atoms with E-state index in [1.54, 1.807) is 36.4 Å². The molecule has 0 atom stereocenters. The minimum atomic E-state index is -0.558. The molecule has 28 heavy (non-hydrogen) atoms. The number of primary amides is 1. The first-order valence-electron chi connectivity index (χ1n) is 8.21. The van der Waals surface area contributed by atoms with E-state index in [1.807, 2.05) is 0 Å². The lowest BCUT2D eigenvalue weighted by atomic mass is 10.2. The van der Waals surface area contributed by atoms with Crippen LogP contribution in [0.25, 0.3) is 0 Å². The highest BCUT2D eigenvalue weighted by Crippen LogP contribution is 2.21. The molecule has 3 rings (SSSR count). The van der Waals surface area contributed by atoms with Crippen molar-refractivity contribution in [3.05, 3.63) is 78.2 Å². The molecule has 0 aliphatic heterocycles. The van der Waals surface area contributed by atoms with Crippen molar-refractivity contribution in [1.82, 2.24) is 4.98 Å². The van der Waals surface area contributed by atoms with Gasteiger partial charge in [0, 0.05) is 17.7 Å². The van der Waals surface area contributed by atoms with E-state index >= 15 is 0 Å². The molecule has 0 radical (unpaired) electrons. The fraction of sp³-hybridized carbons (Fsp3) is 0.0500. The van der Waals surface area contributed by atoms with Gasteiger partial charge in [0.2, 0.25) is 11.8 Å². The van der Waals surface area contributed by atoms with Gasteiger partial charge in [0.1, 0.15) is 17.3 Å². The Bertz CT molecular complexity index is 993. The zero-order chi connectivity index (χ0) is 19.9. The number of amides is 2. The van der Waals surface area contributed by atoms with E-state index in [0.29, 0.717) is 17.0 Å². The van der Waals surface area contributed by atoms with Gasteiger partial charge in [-0.25, -0.2) is 9.37 Å². The number of anilines is 1. The number of carbonyl (C=O) groups excluding carboxylic acids is 2. The van der Waals surface area contributed by atoms with Crippen molar-refractivity contribution < 1.29 is 23.5 Å². The monoisotopic (exact) mass is 381 g/mol. The van der Waals surface area contributed by atoms with E-state index in [4.69, 9.17) is 15.2 Å². The number of nitrogens with two attached hydrogens (primary N) is 1. The number of rotatable bonds is 7. The lowest BCUT2D eigenvalue weighted by molar-refractivity contribution is -0.118. The topological polar surface area (TPSA) is 104 Å². The largest absolute Gasteiger partial charge is 0.484 e. The fourth-order valence-corrected chi connectivity index (χ4v) is 2.25. The normalized spacial score (nSPS) is 10.2. The molecule has 0 fully saturated rings. The molecule has 7 nitrogen and oxygen atoms in total. The molecular weight excluding hydrogens is 365 g/mol. The number of hydrogen-bond donors (Lipinski definition) is 2. The van der Waals surface area contributed by atoms with Crippen LogP contribution in [0.5, 0.6) is 17.4 Å². The Kier molecular flexibility index (Phi) is 5.81. The Balaban J connectivity index is 1.54. The third kappa shape index (κ3) is 5.28. The minimum absolute atomic E-state index is 0.259. The van der Waals surface area contributed by atoms with Crippen molar-refractivity contribution in [3.63, 3.8) is 0 Å². The number of pyridine rings is 1. The smallest absolute Gasteiger partial charge is 0.262 e. The van der Waals surface area contributed by atoms with Crippen molar-refractivity contribution in [1.29, 1.82) is 0 Å². The van der Waals surface area contributed by atoms with Crippen LogP contribution < -0.4 is 20.5 Å². The lowest BCUT2D eigenvalue weighted by Crippen LogP contribution is -2.20. The Labute approximate surface area is 159 Å². The third-order valence-corrected chi connectivity index (χ3v) is 3.53. The molecular formula is C20H16FN3O4. The molecule has 3 aromatic rings. The zero-order valence-electron chi connectivity index (χ0n) is 14.6. The van der Waals surface area contributed by atoms with E-state index in [1.165, 1.54) is 30.5 Å². The molecule has 0 saturated carbocycles. The Hall–Kier alpha value is -3.94. The summed E-state index contributed by atoms with van der Waals surface area (Å²) >= 11 is 0. The summed E-state index contributed by atoms with van der Waals surface area (Å²) in [5.41, 5.74) is 5.99. The highest BCUT2D eigenvalue weighted by molar-refractivity contribution is 5.93. The van der Waals surface area contributed by atoms with Gasteiger partial charge in [0.05, 0.1) is 11.9 Å². The van der Waals surface area contributed by atoms with Crippen LogP contribution in [0.1, 0.15) is 10.4 Å². The van der Waals surface area contributed by atoms with Gasteiger partial charge in [0.25, 0.3) is 5.91 Å². The zero-order valence-corrected chi connectivity index (χ0v) is 14.6. The second-order valence-corrected chi connectivity index (χ2v) is 5.67. The van der Waals surface area contributed by atoms with Crippen molar-refractivity contribution in [2.45, 2.75) is 0 Å². The summed E-state index contributed by atoms with van der Waals surface area (Å²) in [4.78, 5) is 27.2. The summed E-state index contributed by atoms with van der Waals surface area (Å²) in [5, 5.41) is 2.60. The molecule has 0 saturated heterocycles.